The van der Waals surface area contributed by atoms with E-state index in [1.54, 1.807) is 61.7 Å². The van der Waals surface area contributed by atoms with Crippen LogP contribution in [0.15, 0.2) is 54.7 Å². The number of pyridine rings is 1. The molecule has 0 unspecified atom stereocenters. The zero-order valence-electron chi connectivity index (χ0n) is 19.6. The lowest BCUT2D eigenvalue weighted by Gasteiger charge is -2.34. The largest absolute Gasteiger partial charge is 0.377 e. The van der Waals surface area contributed by atoms with Crippen LogP contribution in [0.4, 0.5) is 22.1 Å². The Hall–Kier alpha value is -3.57. The summed E-state index contributed by atoms with van der Waals surface area (Å²) in [6, 6.07) is 13.7. The van der Waals surface area contributed by atoms with Gasteiger partial charge in [-0.3, -0.25) is 5.32 Å². The van der Waals surface area contributed by atoms with Crippen molar-refractivity contribution < 1.29 is 17.9 Å². The minimum atomic E-state index is -3.27. The Balaban J connectivity index is 1.57. The molecule has 35 heavy (non-hydrogen) atoms. The molecule has 11 heteroatoms. The first kappa shape index (κ1) is 24.6. The van der Waals surface area contributed by atoms with Crippen molar-refractivity contribution in [1.29, 1.82) is 0 Å². The lowest BCUT2D eigenvalue weighted by Crippen LogP contribution is -2.44. The highest BCUT2D eigenvalue weighted by molar-refractivity contribution is 7.90. The van der Waals surface area contributed by atoms with Gasteiger partial charge in [0.25, 0.3) is 0 Å². The van der Waals surface area contributed by atoms with Crippen molar-refractivity contribution in [2.75, 3.05) is 41.0 Å². The first-order valence-electron chi connectivity index (χ1n) is 11.4. The predicted molar refractivity (Wildman–Crippen MR) is 135 cm³/mol. The van der Waals surface area contributed by atoms with Gasteiger partial charge in [-0.1, -0.05) is 13.0 Å². The number of rotatable bonds is 7. The fraction of sp³-hybridized carbons (Fsp3) is 0.333. The minimum absolute atomic E-state index is 0.0383. The van der Waals surface area contributed by atoms with Crippen LogP contribution in [0.25, 0.3) is 11.4 Å². The number of nitrogens with one attached hydrogen (secondary N) is 2. The number of anilines is 3. The molecule has 0 radical (unpaired) electrons. The maximum Gasteiger partial charge on any atom is 0.324 e. The van der Waals surface area contributed by atoms with Gasteiger partial charge in [0, 0.05) is 35.8 Å². The van der Waals surface area contributed by atoms with E-state index in [0.717, 1.165) is 0 Å². The molecule has 0 aliphatic carbocycles. The Kier molecular flexibility index (Phi) is 7.57. The Morgan fingerprint density at radius 2 is 1.94 bits per heavy atom. The lowest BCUT2D eigenvalue weighted by molar-refractivity contribution is 0.0985. The lowest BCUT2D eigenvalue weighted by atomic mass is 10.2. The molecule has 2 amide bonds. The van der Waals surface area contributed by atoms with E-state index in [0.29, 0.717) is 54.2 Å². The van der Waals surface area contributed by atoms with Crippen LogP contribution in [-0.2, 0) is 20.3 Å². The average molecular weight is 497 g/mol. The van der Waals surface area contributed by atoms with Gasteiger partial charge in [0.05, 0.1) is 30.7 Å². The number of benzene rings is 1. The summed E-state index contributed by atoms with van der Waals surface area (Å²) in [5.41, 5.74) is 1.73. The van der Waals surface area contributed by atoms with Crippen molar-refractivity contribution in [3.8, 4) is 11.4 Å². The van der Waals surface area contributed by atoms with Crippen LogP contribution in [0.1, 0.15) is 19.5 Å². The van der Waals surface area contributed by atoms with Crippen molar-refractivity contribution in [2.45, 2.75) is 25.6 Å². The molecular formula is C24H28N6O4S. The van der Waals surface area contributed by atoms with Gasteiger partial charge in [-0.05, 0) is 43.3 Å². The first-order valence-corrected chi connectivity index (χ1v) is 13.2. The number of hydrogen-bond acceptors (Lipinski definition) is 8. The summed E-state index contributed by atoms with van der Waals surface area (Å²) in [7, 11) is -3.27. The molecule has 184 valence electrons. The van der Waals surface area contributed by atoms with E-state index in [2.05, 4.69) is 25.5 Å². The zero-order chi connectivity index (χ0) is 24.8. The van der Waals surface area contributed by atoms with Gasteiger partial charge >= 0.3 is 6.03 Å². The van der Waals surface area contributed by atoms with Crippen molar-refractivity contribution in [2.24, 2.45) is 0 Å². The molecule has 1 aromatic carbocycles. The predicted octanol–water partition coefficient (Wildman–Crippen LogP) is 3.34. The molecule has 1 atom stereocenters. The van der Waals surface area contributed by atoms with Gasteiger partial charge in [0.1, 0.15) is 11.6 Å². The second-order valence-electron chi connectivity index (χ2n) is 8.21. The molecule has 3 aromatic rings. The van der Waals surface area contributed by atoms with E-state index in [1.165, 1.54) is 0 Å². The van der Waals surface area contributed by atoms with E-state index in [9.17, 15) is 13.2 Å². The first-order chi connectivity index (χ1) is 16.8. The van der Waals surface area contributed by atoms with E-state index in [1.807, 2.05) is 6.92 Å². The molecule has 1 aliphatic heterocycles. The monoisotopic (exact) mass is 496 g/mol. The Morgan fingerprint density at radius 1 is 1.14 bits per heavy atom. The van der Waals surface area contributed by atoms with Gasteiger partial charge in [-0.2, -0.15) is 0 Å². The molecule has 10 nitrogen and oxygen atoms in total. The standard InChI is InChI=1S/C24H28N6O4S/c1-3-35(32,33)16-20-14-22(30-12-13-34-15-17(30)2)29-23(26-20)18-7-9-19(10-8-18)27-24(31)28-21-6-4-5-11-25-21/h4-11,14,17H,3,12-13,15-16H2,1-2H3,(H2,25,27,28,31)/t17-/m0/s1. The van der Waals surface area contributed by atoms with Crippen LogP contribution in [-0.4, -0.2) is 61.0 Å². The van der Waals surface area contributed by atoms with Crippen LogP contribution in [0.2, 0.25) is 0 Å². The summed E-state index contributed by atoms with van der Waals surface area (Å²) in [6.45, 7) is 5.47. The van der Waals surface area contributed by atoms with E-state index >= 15 is 0 Å². The molecule has 4 rings (SSSR count). The van der Waals surface area contributed by atoms with Gasteiger partial charge < -0.3 is 15.0 Å². The van der Waals surface area contributed by atoms with Crippen LogP contribution in [0, 0.1) is 0 Å². The molecule has 1 aliphatic rings. The normalized spacial score (nSPS) is 16.1. The zero-order valence-corrected chi connectivity index (χ0v) is 20.5. The van der Waals surface area contributed by atoms with Crippen LogP contribution in [0.5, 0.6) is 0 Å². The number of carbonyl (C=O) groups is 1. The number of ether oxygens (including phenoxy) is 1. The number of carbonyl (C=O) groups excluding carboxylic acids is 1. The fourth-order valence-electron chi connectivity index (χ4n) is 3.65. The SMILES string of the molecule is CCS(=O)(=O)Cc1cc(N2CCOC[C@@H]2C)nc(-c2ccc(NC(=O)Nc3ccccn3)cc2)n1. The molecule has 1 fully saturated rings. The summed E-state index contributed by atoms with van der Waals surface area (Å²) in [4.78, 5) is 27.7. The Labute approximate surface area is 204 Å². The number of amides is 2. The molecule has 2 aromatic heterocycles. The molecule has 2 N–H and O–H groups in total. The van der Waals surface area contributed by atoms with Crippen molar-refractivity contribution in [3.63, 3.8) is 0 Å². The third-order valence-corrected chi connectivity index (χ3v) is 7.16. The number of urea groups is 1. The van der Waals surface area contributed by atoms with E-state index in [-0.39, 0.29) is 17.5 Å². The highest BCUT2D eigenvalue weighted by atomic mass is 32.2. The summed E-state index contributed by atoms with van der Waals surface area (Å²) in [6.07, 6.45) is 1.59. The fourth-order valence-corrected chi connectivity index (χ4v) is 4.45. The van der Waals surface area contributed by atoms with Gasteiger partial charge in [-0.15, -0.1) is 0 Å². The summed E-state index contributed by atoms with van der Waals surface area (Å²) in [5, 5.41) is 5.42. The van der Waals surface area contributed by atoms with Crippen molar-refractivity contribution in [3.05, 3.63) is 60.4 Å². The van der Waals surface area contributed by atoms with Crippen molar-refractivity contribution >= 4 is 33.2 Å². The molecular weight excluding hydrogens is 468 g/mol. The second-order valence-corrected chi connectivity index (χ2v) is 10.6. The highest BCUT2D eigenvalue weighted by Gasteiger charge is 2.23. The maximum absolute atomic E-state index is 12.3. The molecule has 1 saturated heterocycles. The Bertz CT molecular complexity index is 1270. The summed E-state index contributed by atoms with van der Waals surface area (Å²) < 4.78 is 30.1. The summed E-state index contributed by atoms with van der Waals surface area (Å²) >= 11 is 0. The topological polar surface area (TPSA) is 126 Å². The van der Waals surface area contributed by atoms with Gasteiger partial charge in [0.15, 0.2) is 15.7 Å². The maximum atomic E-state index is 12.3. The van der Waals surface area contributed by atoms with E-state index < -0.39 is 15.9 Å². The number of nitrogens with zero attached hydrogens (tertiary/aromatic N) is 4. The number of morpholine rings is 1. The molecule has 0 bridgehead atoms. The van der Waals surface area contributed by atoms with Crippen molar-refractivity contribution in [1.82, 2.24) is 15.0 Å². The number of aromatic nitrogens is 3. The van der Waals surface area contributed by atoms with Gasteiger partial charge in [0.2, 0.25) is 0 Å². The molecule has 3 heterocycles. The van der Waals surface area contributed by atoms with Crippen LogP contribution < -0.4 is 15.5 Å². The average Bonchev–Trinajstić information content (AvgIpc) is 2.85. The van der Waals surface area contributed by atoms with Gasteiger partial charge in [-0.25, -0.2) is 28.2 Å². The van der Waals surface area contributed by atoms with E-state index in [4.69, 9.17) is 9.72 Å². The minimum Gasteiger partial charge on any atom is -0.377 e. The smallest absolute Gasteiger partial charge is 0.324 e. The molecule has 0 spiro atoms. The quantitative estimate of drug-likeness (QED) is 0.510. The number of sulfone groups is 1. The third kappa shape index (κ3) is 6.52. The Morgan fingerprint density at radius 3 is 2.63 bits per heavy atom. The second kappa shape index (κ2) is 10.8. The summed E-state index contributed by atoms with van der Waals surface area (Å²) in [5.74, 6) is 1.42. The van der Waals surface area contributed by atoms with Crippen LogP contribution >= 0.6 is 0 Å². The number of hydrogen-bond donors (Lipinski definition) is 2. The third-order valence-electron chi connectivity index (χ3n) is 5.54. The molecule has 0 saturated carbocycles. The van der Waals surface area contributed by atoms with Crippen LogP contribution in [0.3, 0.4) is 0 Å². The highest BCUT2D eigenvalue weighted by Crippen LogP contribution is 2.25.